The molecular formula is C25H31Cl2N3O3. The number of hydrogen-bond acceptors (Lipinski definition) is 4. The van der Waals surface area contributed by atoms with Gasteiger partial charge in [-0.05, 0) is 77.0 Å². The van der Waals surface area contributed by atoms with E-state index in [1.807, 2.05) is 54.7 Å². The number of carbonyl (C=O) groups is 1. The van der Waals surface area contributed by atoms with Gasteiger partial charge in [0, 0.05) is 18.0 Å². The lowest BCUT2D eigenvalue weighted by atomic mass is 9.97. The molecule has 1 aromatic heterocycles. The highest BCUT2D eigenvalue weighted by molar-refractivity contribution is 6.37. The number of aromatic nitrogens is 2. The third-order valence-electron chi connectivity index (χ3n) is 7.08. The molecule has 3 aliphatic rings. The summed E-state index contributed by atoms with van der Waals surface area (Å²) < 4.78 is 14.0. The molecule has 0 unspecified atom stereocenters. The number of rotatable bonds is 5. The van der Waals surface area contributed by atoms with Gasteiger partial charge in [0.2, 0.25) is 0 Å². The van der Waals surface area contributed by atoms with Crippen molar-refractivity contribution < 1.29 is 14.3 Å². The maximum Gasteiger partial charge on any atom is 0.410 e. The fraction of sp³-hybridized carbons (Fsp3) is 0.600. The van der Waals surface area contributed by atoms with Crippen LogP contribution in [0.1, 0.15) is 70.6 Å². The Labute approximate surface area is 205 Å². The highest BCUT2D eigenvalue weighted by Crippen LogP contribution is 2.46. The van der Waals surface area contributed by atoms with E-state index in [1.165, 1.54) is 18.4 Å². The second kappa shape index (κ2) is 8.47. The predicted octanol–water partition coefficient (Wildman–Crippen LogP) is 6.36. The van der Waals surface area contributed by atoms with E-state index in [0.29, 0.717) is 34.2 Å². The molecule has 2 heterocycles. The van der Waals surface area contributed by atoms with Crippen molar-refractivity contribution in [3.8, 4) is 5.69 Å². The zero-order chi connectivity index (χ0) is 23.5. The highest BCUT2D eigenvalue weighted by Gasteiger charge is 2.53. The first-order valence-corrected chi connectivity index (χ1v) is 12.5. The van der Waals surface area contributed by atoms with Gasteiger partial charge in [0.05, 0.1) is 34.6 Å². The third-order valence-corrected chi connectivity index (χ3v) is 7.69. The van der Waals surface area contributed by atoms with Crippen LogP contribution in [-0.4, -0.2) is 44.6 Å². The lowest BCUT2D eigenvalue weighted by molar-refractivity contribution is -0.0399. The van der Waals surface area contributed by atoms with Crippen molar-refractivity contribution in [1.29, 1.82) is 0 Å². The summed E-state index contributed by atoms with van der Waals surface area (Å²) in [7, 11) is 0. The van der Waals surface area contributed by atoms with Gasteiger partial charge in [-0.1, -0.05) is 29.3 Å². The van der Waals surface area contributed by atoms with Crippen molar-refractivity contribution in [1.82, 2.24) is 14.7 Å². The second-order valence-corrected chi connectivity index (χ2v) is 11.4. The number of piperidine rings is 1. The number of amides is 1. The van der Waals surface area contributed by atoms with E-state index in [-0.39, 0.29) is 24.3 Å². The topological polar surface area (TPSA) is 56.6 Å². The van der Waals surface area contributed by atoms with Gasteiger partial charge in [-0.15, -0.1) is 0 Å². The van der Waals surface area contributed by atoms with Crippen molar-refractivity contribution in [2.24, 2.45) is 5.92 Å². The fourth-order valence-corrected chi connectivity index (χ4v) is 5.99. The molecule has 33 heavy (non-hydrogen) atoms. The lowest BCUT2D eigenvalue weighted by Crippen LogP contribution is -2.49. The molecule has 8 heteroatoms. The Balaban J connectivity index is 1.33. The van der Waals surface area contributed by atoms with Crippen LogP contribution in [0, 0.1) is 5.92 Å². The molecule has 1 aliphatic heterocycles. The summed E-state index contributed by atoms with van der Waals surface area (Å²) in [5.41, 5.74) is 2.44. The number of hydrogen-bond donors (Lipinski definition) is 0. The third kappa shape index (κ3) is 4.38. The summed E-state index contributed by atoms with van der Waals surface area (Å²) in [6, 6.07) is 5.75. The van der Waals surface area contributed by atoms with E-state index < -0.39 is 5.60 Å². The van der Waals surface area contributed by atoms with Gasteiger partial charge in [0.15, 0.2) is 0 Å². The van der Waals surface area contributed by atoms with E-state index >= 15 is 0 Å². The first kappa shape index (κ1) is 23.0. The van der Waals surface area contributed by atoms with Crippen LogP contribution in [0.4, 0.5) is 4.79 Å². The van der Waals surface area contributed by atoms with Crippen LogP contribution in [0.2, 0.25) is 10.0 Å². The van der Waals surface area contributed by atoms with Crippen molar-refractivity contribution >= 4 is 29.3 Å². The summed E-state index contributed by atoms with van der Waals surface area (Å²) in [5, 5.41) is 5.78. The van der Waals surface area contributed by atoms with E-state index in [9.17, 15) is 4.79 Å². The summed E-state index contributed by atoms with van der Waals surface area (Å²) >= 11 is 13.0. The molecule has 0 radical (unpaired) electrons. The maximum atomic E-state index is 12.7. The SMILES string of the molecule is C[C@@H]1[C@@H]2C[C@@H](C[C@H]2OCc2c(C3CC3)cnn2-c2c(Cl)cccc2Cl)N1C(=O)OC(C)(C)C. The number of halogens is 2. The standard InChI is InChI=1S/C25H31Cl2N3O3/c1-14-17-10-16(29(14)24(31)33-25(2,3)4)11-22(17)32-13-21-18(15-8-9-15)12-28-30(21)23-19(26)6-5-7-20(23)27/h5-7,12,14-17,22H,8-11,13H2,1-4H3/t14-,16+,17+,22-/m1/s1. The molecule has 1 aromatic carbocycles. The van der Waals surface area contributed by atoms with Gasteiger partial charge in [-0.3, -0.25) is 0 Å². The van der Waals surface area contributed by atoms with Crippen LogP contribution in [-0.2, 0) is 16.1 Å². The fourth-order valence-electron chi connectivity index (χ4n) is 5.44. The Bertz CT molecular complexity index is 1040. The molecule has 4 atom stereocenters. The van der Waals surface area contributed by atoms with Crippen molar-refractivity contribution in [2.45, 2.75) is 89.7 Å². The molecule has 2 bridgehead atoms. The van der Waals surface area contributed by atoms with E-state index in [2.05, 4.69) is 12.0 Å². The largest absolute Gasteiger partial charge is 0.444 e. The molecule has 2 saturated carbocycles. The highest BCUT2D eigenvalue weighted by atomic mass is 35.5. The Hall–Kier alpha value is -1.76. The average Bonchev–Trinajstić information content (AvgIpc) is 3.22. The number of para-hydroxylation sites is 1. The van der Waals surface area contributed by atoms with Gasteiger partial charge >= 0.3 is 6.09 Å². The number of likely N-dealkylation sites (tertiary alicyclic amines) is 1. The minimum atomic E-state index is -0.494. The van der Waals surface area contributed by atoms with Gasteiger partial charge in [-0.2, -0.15) is 5.10 Å². The first-order valence-electron chi connectivity index (χ1n) is 11.8. The number of fused-ring (bicyclic) bond motifs is 2. The van der Waals surface area contributed by atoms with E-state index in [4.69, 9.17) is 32.7 Å². The molecular weight excluding hydrogens is 461 g/mol. The molecule has 1 saturated heterocycles. The Morgan fingerprint density at radius 1 is 1.18 bits per heavy atom. The molecule has 178 valence electrons. The van der Waals surface area contributed by atoms with Crippen LogP contribution < -0.4 is 0 Å². The number of carbonyl (C=O) groups excluding carboxylic acids is 1. The van der Waals surface area contributed by atoms with E-state index in [0.717, 1.165) is 18.5 Å². The van der Waals surface area contributed by atoms with Crippen molar-refractivity contribution in [3.05, 3.63) is 45.7 Å². The second-order valence-electron chi connectivity index (χ2n) is 10.6. The van der Waals surface area contributed by atoms with Crippen LogP contribution in [0.3, 0.4) is 0 Å². The van der Waals surface area contributed by atoms with Crippen molar-refractivity contribution in [3.63, 3.8) is 0 Å². The van der Waals surface area contributed by atoms with Crippen LogP contribution in [0.5, 0.6) is 0 Å². The number of nitrogens with zero attached hydrogens (tertiary/aromatic N) is 3. The monoisotopic (exact) mass is 491 g/mol. The average molecular weight is 492 g/mol. The van der Waals surface area contributed by atoms with Crippen molar-refractivity contribution in [2.75, 3.05) is 0 Å². The molecule has 6 nitrogen and oxygen atoms in total. The van der Waals surface area contributed by atoms with Gasteiger partial charge in [0.1, 0.15) is 11.3 Å². The summed E-state index contributed by atoms with van der Waals surface area (Å²) in [5.74, 6) is 0.826. The van der Waals surface area contributed by atoms with Gasteiger partial charge < -0.3 is 14.4 Å². The van der Waals surface area contributed by atoms with Crippen LogP contribution >= 0.6 is 23.2 Å². The molecule has 0 N–H and O–H groups in total. The molecule has 2 aromatic rings. The quantitative estimate of drug-likeness (QED) is 0.488. The molecule has 2 aliphatic carbocycles. The zero-order valence-corrected chi connectivity index (χ0v) is 21.1. The zero-order valence-electron chi connectivity index (χ0n) is 19.6. The first-order chi connectivity index (χ1) is 15.6. The molecule has 5 rings (SSSR count). The minimum Gasteiger partial charge on any atom is -0.444 e. The van der Waals surface area contributed by atoms with Gasteiger partial charge in [-0.25, -0.2) is 9.48 Å². The number of benzene rings is 1. The smallest absolute Gasteiger partial charge is 0.410 e. The molecule has 1 amide bonds. The summed E-state index contributed by atoms with van der Waals surface area (Å²) in [4.78, 5) is 14.6. The predicted molar refractivity (Wildman–Crippen MR) is 128 cm³/mol. The summed E-state index contributed by atoms with van der Waals surface area (Å²) in [6.45, 7) is 8.26. The molecule has 0 spiro atoms. The minimum absolute atomic E-state index is 0.0921. The van der Waals surface area contributed by atoms with Gasteiger partial charge in [0.25, 0.3) is 0 Å². The Morgan fingerprint density at radius 2 is 1.88 bits per heavy atom. The number of ether oxygens (including phenoxy) is 2. The van der Waals surface area contributed by atoms with Crippen LogP contribution in [0.15, 0.2) is 24.4 Å². The Kier molecular flexibility index (Phi) is 5.91. The Morgan fingerprint density at radius 3 is 2.48 bits per heavy atom. The summed E-state index contributed by atoms with van der Waals surface area (Å²) in [6.07, 6.45) is 5.94. The lowest BCUT2D eigenvalue weighted by Gasteiger charge is -2.37. The van der Waals surface area contributed by atoms with Crippen LogP contribution in [0.25, 0.3) is 5.69 Å². The molecule has 3 fully saturated rings. The normalized spacial score (nSPS) is 26.8. The maximum absolute atomic E-state index is 12.7. The van der Waals surface area contributed by atoms with E-state index in [1.54, 1.807) is 0 Å².